The van der Waals surface area contributed by atoms with E-state index in [0.29, 0.717) is 0 Å². The summed E-state index contributed by atoms with van der Waals surface area (Å²) in [4.78, 5) is 68.8. The fourth-order valence-corrected chi connectivity index (χ4v) is 0. The number of hydrogen-bond acceptors (Lipinski definition) is 6. The maximum atomic E-state index is 8.77. The first-order valence-corrected chi connectivity index (χ1v) is 6.89. The third-order valence-electron chi connectivity index (χ3n) is 0. The van der Waals surface area contributed by atoms with Gasteiger partial charge >= 0.3 is 0 Å². The van der Waals surface area contributed by atoms with Crippen LogP contribution in [0.2, 0.25) is 0 Å². The van der Waals surface area contributed by atoms with Crippen LogP contribution in [0.3, 0.4) is 0 Å². The Morgan fingerprint density at radius 3 is 0.588 bits per heavy atom. The average molecular weight is 358 g/mol. The van der Waals surface area contributed by atoms with E-state index in [0.717, 1.165) is 0 Å². The Labute approximate surface area is 106 Å². The van der Waals surface area contributed by atoms with Gasteiger partial charge in [-0.1, -0.05) is 0 Å². The first kappa shape index (κ1) is 30.7. The van der Waals surface area contributed by atoms with Crippen molar-refractivity contribution in [2.24, 2.45) is 0 Å². The fourth-order valence-electron chi connectivity index (χ4n) is 0. The van der Waals surface area contributed by atoms with Gasteiger partial charge < -0.3 is 49.5 Å². The van der Waals surface area contributed by atoms with Crippen LogP contribution in [0.25, 0.3) is 0 Å². The molecule has 0 rings (SSSR count). The van der Waals surface area contributed by atoms with Gasteiger partial charge in [-0.2, -0.15) is 0 Å². The molecule has 109 valence electrons. The molecule has 1 radical (unpaired) electrons. The Morgan fingerprint density at radius 2 is 0.588 bits per heavy atom. The van der Waals surface area contributed by atoms with Crippen LogP contribution in [0.5, 0.6) is 0 Å². The molecule has 0 aliphatic rings. The van der Waals surface area contributed by atoms with Crippen molar-refractivity contribution in [1.29, 1.82) is 0 Å². The normalized spacial score (nSPS) is 10.4. The zero-order chi connectivity index (χ0) is 13.5. The monoisotopic (exact) mass is 358 g/mol. The van der Waals surface area contributed by atoms with E-state index in [1.807, 2.05) is 0 Å². The summed E-state index contributed by atoms with van der Waals surface area (Å²) in [7, 11) is -14.7. The molecule has 0 unspecified atom stereocenters. The molecular formula is H6O13P3V-5. The van der Waals surface area contributed by atoms with Crippen LogP contribution in [0, 0.1) is 0 Å². The van der Waals surface area contributed by atoms with E-state index in [2.05, 4.69) is 0 Å². The zero-order valence-electron chi connectivity index (χ0n) is 7.33. The van der Waals surface area contributed by atoms with Gasteiger partial charge in [0.15, 0.2) is 0 Å². The first-order valence-electron chi connectivity index (χ1n) is 2.30. The van der Waals surface area contributed by atoms with E-state index in [-0.39, 0.29) is 24.0 Å². The molecule has 0 amide bonds. The van der Waals surface area contributed by atoms with E-state index >= 15 is 0 Å². The van der Waals surface area contributed by atoms with Gasteiger partial charge in [0.1, 0.15) is 0 Å². The third kappa shape index (κ3) is 4880. The van der Waals surface area contributed by atoms with Crippen molar-refractivity contribution in [1.82, 2.24) is 0 Å². The number of rotatable bonds is 0. The predicted octanol–water partition coefficient (Wildman–Crippen LogP) is -4.80. The van der Waals surface area contributed by atoms with Crippen LogP contribution < -0.4 is 14.7 Å². The molecule has 13 nitrogen and oxygen atoms in total. The summed E-state index contributed by atoms with van der Waals surface area (Å²) < 4.78 is 26.3. The van der Waals surface area contributed by atoms with Gasteiger partial charge in [0, 0.05) is 18.6 Å². The SMILES string of the molecule is O=P([O-])(O)O.O=P([O-])(O)O.O=P([O-])(O)O.[O-2].[V]. The maximum absolute atomic E-state index is 8.77. The van der Waals surface area contributed by atoms with E-state index < -0.39 is 23.5 Å². The molecule has 17 heavy (non-hydrogen) atoms. The smallest absolute Gasteiger partial charge is 0.262 e. The van der Waals surface area contributed by atoms with Crippen LogP contribution >= 0.6 is 23.5 Å². The summed E-state index contributed by atoms with van der Waals surface area (Å²) in [5.74, 6) is 0. The molecular weight excluding hydrogens is 352 g/mol. The molecule has 0 bridgehead atoms. The van der Waals surface area contributed by atoms with Gasteiger partial charge in [-0.05, 0) is 0 Å². The van der Waals surface area contributed by atoms with Crippen LogP contribution in [-0.2, 0) is 37.7 Å². The van der Waals surface area contributed by atoms with E-state index in [1.54, 1.807) is 0 Å². The molecule has 0 atom stereocenters. The number of hydrogen-bond donors (Lipinski definition) is 6. The molecule has 17 heteroatoms. The van der Waals surface area contributed by atoms with Gasteiger partial charge in [-0.15, -0.1) is 0 Å². The Bertz CT molecular complexity index is 203. The molecule has 0 saturated carbocycles. The van der Waals surface area contributed by atoms with Gasteiger partial charge in [-0.3, -0.25) is 13.7 Å². The van der Waals surface area contributed by atoms with Crippen LogP contribution in [-0.4, -0.2) is 29.4 Å². The van der Waals surface area contributed by atoms with Crippen LogP contribution in [0.1, 0.15) is 0 Å². The van der Waals surface area contributed by atoms with E-state index in [9.17, 15) is 0 Å². The summed E-state index contributed by atoms with van der Waals surface area (Å²) in [5, 5.41) is 0. The Kier molecular flexibility index (Phi) is 21.6. The summed E-state index contributed by atoms with van der Waals surface area (Å²) in [6.07, 6.45) is 0. The van der Waals surface area contributed by atoms with Crippen molar-refractivity contribution in [3.8, 4) is 0 Å². The zero-order valence-corrected chi connectivity index (χ0v) is 11.4. The van der Waals surface area contributed by atoms with Crippen molar-refractivity contribution in [2.75, 3.05) is 0 Å². The molecule has 0 aromatic carbocycles. The molecule has 0 aromatic heterocycles. The van der Waals surface area contributed by atoms with Crippen molar-refractivity contribution in [3.63, 3.8) is 0 Å². The Morgan fingerprint density at radius 1 is 0.588 bits per heavy atom. The van der Waals surface area contributed by atoms with Crippen molar-refractivity contribution in [3.05, 3.63) is 0 Å². The molecule has 0 heterocycles. The van der Waals surface area contributed by atoms with Gasteiger partial charge in [0.2, 0.25) is 0 Å². The molecule has 0 aliphatic heterocycles. The maximum Gasteiger partial charge on any atom is 0.262 e. The molecule has 0 spiro atoms. The Hall–Kier alpha value is 0.874. The summed E-state index contributed by atoms with van der Waals surface area (Å²) in [5.41, 5.74) is 0. The average Bonchev–Trinajstić information content (AvgIpc) is 1.41. The van der Waals surface area contributed by atoms with Crippen LogP contribution in [0.15, 0.2) is 0 Å². The topological polar surface area (TPSA) is 270 Å². The minimum atomic E-state index is -4.89. The van der Waals surface area contributed by atoms with Gasteiger partial charge in [0.05, 0.1) is 0 Å². The molecule has 0 saturated heterocycles. The quantitative estimate of drug-likeness (QED) is 0.223. The molecule has 0 fully saturated rings. The van der Waals surface area contributed by atoms with Crippen LogP contribution in [0.4, 0.5) is 0 Å². The van der Waals surface area contributed by atoms with Crippen molar-refractivity contribution < 1.29 is 81.8 Å². The third-order valence-corrected chi connectivity index (χ3v) is 0. The number of phosphoric acid groups is 3. The van der Waals surface area contributed by atoms with E-state index in [1.165, 1.54) is 0 Å². The van der Waals surface area contributed by atoms with Gasteiger partial charge in [-0.25, -0.2) is 0 Å². The minimum absolute atomic E-state index is 0. The van der Waals surface area contributed by atoms with E-state index in [4.69, 9.17) is 57.7 Å². The predicted molar refractivity (Wildman–Crippen MR) is 36.8 cm³/mol. The second-order valence-corrected chi connectivity index (χ2v) is 4.42. The standard InChI is InChI=1S/3H3O4P.O.V/c3*1-5(2,3)4;;/h3*(H3,1,2,3,4);;/q;;;-2;/p-3. The summed E-state index contributed by atoms with van der Waals surface area (Å²) >= 11 is 0. The summed E-state index contributed by atoms with van der Waals surface area (Å²) in [6.45, 7) is 0. The van der Waals surface area contributed by atoms with Crippen molar-refractivity contribution in [2.45, 2.75) is 0 Å². The second-order valence-electron chi connectivity index (χ2n) is 1.47. The molecule has 0 aliphatic carbocycles. The first-order chi connectivity index (χ1) is 6.00. The van der Waals surface area contributed by atoms with Crippen molar-refractivity contribution >= 4 is 23.5 Å². The fraction of sp³-hybridized carbons (Fsp3) is 0. The summed E-state index contributed by atoms with van der Waals surface area (Å²) in [6, 6.07) is 0. The minimum Gasteiger partial charge on any atom is -2.00 e. The Balaban J connectivity index is -0.0000000400. The largest absolute Gasteiger partial charge is 2.00 e. The molecule has 0 aromatic rings. The molecule has 6 N–H and O–H groups in total. The van der Waals surface area contributed by atoms with Gasteiger partial charge in [0.25, 0.3) is 23.5 Å². The second kappa shape index (κ2) is 11.9.